The Labute approximate surface area is 118 Å². The average molecular weight is 287 g/mol. The molecule has 0 fully saturated rings. The first-order valence-electron chi connectivity index (χ1n) is 6.80. The highest BCUT2D eigenvalue weighted by Gasteiger charge is 2.27. The maximum atomic E-state index is 12.8. The molecule has 0 aliphatic heterocycles. The predicted octanol–water partition coefficient (Wildman–Crippen LogP) is 2.14. The highest BCUT2D eigenvalue weighted by molar-refractivity contribution is 5.24. The van der Waals surface area contributed by atoms with E-state index in [-0.39, 0.29) is 6.54 Å². The number of aliphatic hydroxyl groups excluding tert-OH is 2. The molecule has 1 rings (SSSR count). The minimum absolute atomic E-state index is 0.0269. The first-order chi connectivity index (χ1) is 9.34. The van der Waals surface area contributed by atoms with Crippen molar-refractivity contribution >= 4 is 0 Å². The molecule has 114 valence electrons. The number of nitrogens with one attached hydrogen (secondary N) is 1. The molecule has 0 saturated carbocycles. The molecule has 0 radical (unpaired) electrons. The molecule has 0 saturated heterocycles. The normalized spacial score (nSPS) is 13.8. The summed E-state index contributed by atoms with van der Waals surface area (Å²) < 4.78 is 25.6. The van der Waals surface area contributed by atoms with Crippen LogP contribution in [0.25, 0.3) is 0 Å². The summed E-state index contributed by atoms with van der Waals surface area (Å²) in [5.41, 5.74) is 1.88. The van der Waals surface area contributed by atoms with E-state index in [1.54, 1.807) is 0 Å². The number of alkyl halides is 2. The second kappa shape index (κ2) is 7.67. The zero-order chi connectivity index (χ0) is 15.2. The molecular weight excluding hydrogens is 264 g/mol. The first-order valence-corrected chi connectivity index (χ1v) is 6.80. The molecule has 0 amide bonds. The first kappa shape index (κ1) is 17.0. The number of benzene rings is 1. The highest BCUT2D eigenvalue weighted by Crippen LogP contribution is 2.16. The Morgan fingerprint density at radius 3 is 2.30 bits per heavy atom. The Morgan fingerprint density at radius 2 is 1.80 bits per heavy atom. The molecular formula is C15H23F2NO2. The van der Waals surface area contributed by atoms with Crippen molar-refractivity contribution in [1.29, 1.82) is 0 Å². The van der Waals surface area contributed by atoms with Crippen LogP contribution in [-0.2, 0) is 6.42 Å². The molecule has 0 aliphatic carbocycles. The van der Waals surface area contributed by atoms with Gasteiger partial charge in [-0.2, -0.15) is 0 Å². The highest BCUT2D eigenvalue weighted by atomic mass is 19.3. The van der Waals surface area contributed by atoms with Gasteiger partial charge >= 0.3 is 0 Å². The van der Waals surface area contributed by atoms with Crippen molar-refractivity contribution < 1.29 is 19.0 Å². The summed E-state index contributed by atoms with van der Waals surface area (Å²) in [6.07, 6.45) is 0.134. The molecule has 3 N–H and O–H groups in total. The van der Waals surface area contributed by atoms with Gasteiger partial charge in [-0.15, -0.1) is 0 Å². The van der Waals surface area contributed by atoms with E-state index in [4.69, 9.17) is 5.11 Å². The predicted molar refractivity (Wildman–Crippen MR) is 74.8 cm³/mol. The van der Waals surface area contributed by atoms with E-state index in [2.05, 4.69) is 19.2 Å². The smallest absolute Gasteiger partial charge is 0.282 e. The lowest BCUT2D eigenvalue weighted by Gasteiger charge is -2.17. The van der Waals surface area contributed by atoms with Gasteiger partial charge in [-0.1, -0.05) is 38.1 Å². The molecule has 0 heterocycles. The van der Waals surface area contributed by atoms with Crippen molar-refractivity contribution in [3.63, 3.8) is 0 Å². The van der Waals surface area contributed by atoms with E-state index < -0.39 is 25.2 Å². The fourth-order valence-electron chi connectivity index (χ4n) is 1.91. The topological polar surface area (TPSA) is 52.5 Å². The van der Waals surface area contributed by atoms with Gasteiger partial charge in [0.1, 0.15) is 6.61 Å². The Balaban J connectivity index is 2.45. The third-order valence-corrected chi connectivity index (χ3v) is 2.96. The van der Waals surface area contributed by atoms with Crippen molar-refractivity contribution in [2.45, 2.75) is 32.3 Å². The van der Waals surface area contributed by atoms with Crippen LogP contribution in [0.5, 0.6) is 0 Å². The summed E-state index contributed by atoms with van der Waals surface area (Å²) in [5.74, 6) is -2.59. The second-order valence-corrected chi connectivity index (χ2v) is 5.50. The second-order valence-electron chi connectivity index (χ2n) is 5.50. The summed E-state index contributed by atoms with van der Waals surface area (Å²) >= 11 is 0. The van der Waals surface area contributed by atoms with Crippen LogP contribution < -0.4 is 5.32 Å². The Kier molecular flexibility index (Phi) is 6.52. The van der Waals surface area contributed by atoms with E-state index in [0.717, 1.165) is 6.42 Å². The number of hydrogen-bond acceptors (Lipinski definition) is 3. The summed E-state index contributed by atoms with van der Waals surface area (Å²) in [6.45, 7) is 2.45. The summed E-state index contributed by atoms with van der Waals surface area (Å²) in [4.78, 5) is 0. The molecule has 0 aliphatic rings. The SMILES string of the molecule is CC(C)Cc1ccc(C(O)CNCC(F)(F)CO)cc1. The van der Waals surface area contributed by atoms with Gasteiger partial charge in [0.15, 0.2) is 0 Å². The molecule has 1 atom stereocenters. The lowest BCUT2D eigenvalue weighted by atomic mass is 10.0. The van der Waals surface area contributed by atoms with E-state index in [1.807, 2.05) is 24.3 Å². The van der Waals surface area contributed by atoms with Gasteiger partial charge in [-0.25, -0.2) is 8.78 Å². The monoisotopic (exact) mass is 287 g/mol. The summed E-state index contributed by atoms with van der Waals surface area (Å²) in [5, 5.41) is 20.8. The van der Waals surface area contributed by atoms with Gasteiger partial charge in [-0.05, 0) is 23.5 Å². The van der Waals surface area contributed by atoms with Crippen molar-refractivity contribution in [1.82, 2.24) is 5.32 Å². The van der Waals surface area contributed by atoms with Crippen molar-refractivity contribution in [2.24, 2.45) is 5.92 Å². The number of aliphatic hydroxyl groups is 2. The molecule has 1 unspecified atom stereocenters. The Morgan fingerprint density at radius 1 is 1.20 bits per heavy atom. The van der Waals surface area contributed by atoms with Crippen LogP contribution in [0.4, 0.5) is 8.78 Å². The van der Waals surface area contributed by atoms with Gasteiger partial charge in [0.2, 0.25) is 0 Å². The maximum Gasteiger partial charge on any atom is 0.282 e. The van der Waals surface area contributed by atoms with Crippen LogP contribution in [0.2, 0.25) is 0 Å². The minimum Gasteiger partial charge on any atom is -0.390 e. The van der Waals surface area contributed by atoms with Crippen LogP contribution in [0.1, 0.15) is 31.1 Å². The summed E-state index contributed by atoms with van der Waals surface area (Å²) in [7, 11) is 0. The van der Waals surface area contributed by atoms with Gasteiger partial charge in [0, 0.05) is 6.54 Å². The zero-order valence-corrected chi connectivity index (χ0v) is 11.9. The fourth-order valence-corrected chi connectivity index (χ4v) is 1.91. The van der Waals surface area contributed by atoms with Crippen LogP contribution in [0.15, 0.2) is 24.3 Å². The Hall–Kier alpha value is -1.04. The van der Waals surface area contributed by atoms with Gasteiger partial charge in [-0.3, -0.25) is 0 Å². The van der Waals surface area contributed by atoms with Crippen molar-refractivity contribution in [2.75, 3.05) is 19.7 Å². The van der Waals surface area contributed by atoms with Gasteiger partial charge in [0.25, 0.3) is 5.92 Å². The quantitative estimate of drug-likeness (QED) is 0.686. The van der Waals surface area contributed by atoms with Gasteiger partial charge < -0.3 is 15.5 Å². The van der Waals surface area contributed by atoms with E-state index in [9.17, 15) is 13.9 Å². The van der Waals surface area contributed by atoms with E-state index in [1.165, 1.54) is 5.56 Å². The largest absolute Gasteiger partial charge is 0.390 e. The standard InChI is InChI=1S/C15H23F2NO2/c1-11(2)7-12-3-5-13(6-4-12)14(20)8-18-9-15(16,17)10-19/h3-6,11,14,18-20H,7-10H2,1-2H3. The molecule has 5 heteroatoms. The zero-order valence-electron chi connectivity index (χ0n) is 11.9. The van der Waals surface area contributed by atoms with Crippen LogP contribution in [0.3, 0.4) is 0 Å². The third-order valence-electron chi connectivity index (χ3n) is 2.96. The molecule has 3 nitrogen and oxygen atoms in total. The summed E-state index contributed by atoms with van der Waals surface area (Å²) in [6, 6.07) is 7.52. The van der Waals surface area contributed by atoms with E-state index in [0.29, 0.717) is 11.5 Å². The molecule has 0 aromatic heterocycles. The van der Waals surface area contributed by atoms with Crippen molar-refractivity contribution in [3.05, 3.63) is 35.4 Å². The van der Waals surface area contributed by atoms with Crippen LogP contribution in [0, 0.1) is 5.92 Å². The van der Waals surface area contributed by atoms with Gasteiger partial charge in [0.05, 0.1) is 12.6 Å². The average Bonchev–Trinajstić information content (AvgIpc) is 2.38. The fraction of sp³-hybridized carbons (Fsp3) is 0.600. The molecule has 0 bridgehead atoms. The molecule has 20 heavy (non-hydrogen) atoms. The number of rotatable bonds is 8. The lowest BCUT2D eigenvalue weighted by molar-refractivity contribution is -0.0488. The number of hydrogen-bond donors (Lipinski definition) is 3. The number of halogens is 2. The molecule has 1 aromatic rings. The lowest BCUT2D eigenvalue weighted by Crippen LogP contribution is -2.37. The molecule has 1 aromatic carbocycles. The third kappa shape index (κ3) is 5.94. The van der Waals surface area contributed by atoms with Crippen LogP contribution >= 0.6 is 0 Å². The Bertz CT molecular complexity index is 393. The minimum atomic E-state index is -3.15. The molecule has 0 spiro atoms. The van der Waals surface area contributed by atoms with Crippen molar-refractivity contribution in [3.8, 4) is 0 Å². The van der Waals surface area contributed by atoms with Crippen LogP contribution in [-0.4, -0.2) is 35.8 Å². The van der Waals surface area contributed by atoms with E-state index >= 15 is 0 Å². The maximum absolute atomic E-state index is 12.8.